The van der Waals surface area contributed by atoms with Crippen molar-refractivity contribution < 1.29 is 9.84 Å². The van der Waals surface area contributed by atoms with Gasteiger partial charge in [-0.3, -0.25) is 0 Å². The molecular formula is C14H18ClN3O2S. The SMILES string of the molecule is CCc1cc2c(N3CC(CO)OCC3C)nc(Cl)nc2s1. The van der Waals surface area contributed by atoms with Gasteiger partial charge in [0.15, 0.2) is 0 Å². The number of aliphatic hydroxyl groups is 1. The molecule has 0 saturated carbocycles. The van der Waals surface area contributed by atoms with Crippen LogP contribution in [0.4, 0.5) is 5.82 Å². The van der Waals surface area contributed by atoms with Crippen LogP contribution in [-0.4, -0.2) is 47.0 Å². The van der Waals surface area contributed by atoms with E-state index in [-0.39, 0.29) is 24.0 Å². The van der Waals surface area contributed by atoms with E-state index < -0.39 is 0 Å². The predicted octanol–water partition coefficient (Wildman–Crippen LogP) is 2.49. The Hall–Kier alpha value is -0.950. The maximum Gasteiger partial charge on any atom is 0.225 e. The van der Waals surface area contributed by atoms with Crippen molar-refractivity contribution in [1.29, 1.82) is 0 Å². The number of nitrogens with zero attached hydrogens (tertiary/aromatic N) is 3. The van der Waals surface area contributed by atoms with Gasteiger partial charge in [0.05, 0.1) is 30.7 Å². The van der Waals surface area contributed by atoms with Gasteiger partial charge in [0.2, 0.25) is 5.28 Å². The number of fused-ring (bicyclic) bond motifs is 1. The van der Waals surface area contributed by atoms with Gasteiger partial charge in [-0.2, -0.15) is 4.98 Å². The van der Waals surface area contributed by atoms with Gasteiger partial charge in [-0.25, -0.2) is 4.98 Å². The van der Waals surface area contributed by atoms with Crippen LogP contribution >= 0.6 is 22.9 Å². The molecule has 1 fully saturated rings. The number of thiophene rings is 1. The van der Waals surface area contributed by atoms with Gasteiger partial charge in [-0.05, 0) is 31.0 Å². The standard InChI is InChI=1S/C14H18ClN3O2S/c1-3-10-4-11-12(16-14(15)17-13(11)21-10)18-5-9(6-19)20-7-8(18)2/h4,8-9,19H,3,5-7H2,1-2H3. The van der Waals surface area contributed by atoms with Gasteiger partial charge >= 0.3 is 0 Å². The van der Waals surface area contributed by atoms with Gasteiger partial charge in [-0.15, -0.1) is 11.3 Å². The molecule has 2 unspecified atom stereocenters. The van der Waals surface area contributed by atoms with Crippen LogP contribution in [0.15, 0.2) is 6.07 Å². The second kappa shape index (κ2) is 6.04. The van der Waals surface area contributed by atoms with Gasteiger partial charge in [-0.1, -0.05) is 6.92 Å². The second-order valence-corrected chi connectivity index (χ2v) is 6.69. The van der Waals surface area contributed by atoms with Crippen molar-refractivity contribution in [3.63, 3.8) is 0 Å². The summed E-state index contributed by atoms with van der Waals surface area (Å²) >= 11 is 7.75. The highest BCUT2D eigenvalue weighted by atomic mass is 35.5. The van der Waals surface area contributed by atoms with Crippen LogP contribution in [0.3, 0.4) is 0 Å². The van der Waals surface area contributed by atoms with Crippen molar-refractivity contribution in [1.82, 2.24) is 9.97 Å². The van der Waals surface area contributed by atoms with Crippen molar-refractivity contribution in [2.24, 2.45) is 0 Å². The Bertz CT molecular complexity index is 648. The van der Waals surface area contributed by atoms with Gasteiger partial charge in [0, 0.05) is 11.4 Å². The van der Waals surface area contributed by atoms with Crippen molar-refractivity contribution in [3.8, 4) is 0 Å². The van der Waals surface area contributed by atoms with E-state index in [1.165, 1.54) is 4.88 Å². The average Bonchev–Trinajstić information content (AvgIpc) is 2.90. The largest absolute Gasteiger partial charge is 0.394 e. The summed E-state index contributed by atoms with van der Waals surface area (Å²) < 4.78 is 5.59. The third-order valence-corrected chi connectivity index (χ3v) is 5.07. The number of rotatable bonds is 3. The summed E-state index contributed by atoms with van der Waals surface area (Å²) in [5.41, 5.74) is 0. The second-order valence-electron chi connectivity index (χ2n) is 5.24. The van der Waals surface area contributed by atoms with Gasteiger partial charge in [0.25, 0.3) is 0 Å². The molecule has 0 bridgehead atoms. The van der Waals surface area contributed by atoms with E-state index in [9.17, 15) is 5.11 Å². The number of aliphatic hydroxyl groups excluding tert-OH is 1. The van der Waals surface area contributed by atoms with Crippen LogP contribution in [-0.2, 0) is 11.2 Å². The Labute approximate surface area is 132 Å². The molecule has 1 aliphatic rings. The first-order valence-electron chi connectivity index (χ1n) is 7.07. The molecule has 3 heterocycles. The highest BCUT2D eigenvalue weighted by Crippen LogP contribution is 2.34. The minimum Gasteiger partial charge on any atom is -0.394 e. The van der Waals surface area contributed by atoms with E-state index >= 15 is 0 Å². The first-order valence-corrected chi connectivity index (χ1v) is 8.26. The normalized spacial score (nSPS) is 23.0. The maximum absolute atomic E-state index is 9.34. The fourth-order valence-corrected chi connectivity index (χ4v) is 3.72. The molecule has 5 nitrogen and oxygen atoms in total. The van der Waals surface area contributed by atoms with E-state index in [1.807, 2.05) is 0 Å². The third kappa shape index (κ3) is 2.85. The maximum atomic E-state index is 9.34. The first-order chi connectivity index (χ1) is 10.1. The molecule has 1 N–H and O–H groups in total. The van der Waals surface area contributed by atoms with E-state index in [1.54, 1.807) is 11.3 Å². The quantitative estimate of drug-likeness (QED) is 0.878. The zero-order chi connectivity index (χ0) is 15.0. The van der Waals surface area contributed by atoms with Crippen molar-refractivity contribution in [3.05, 3.63) is 16.2 Å². The van der Waals surface area contributed by atoms with Gasteiger partial charge < -0.3 is 14.7 Å². The fraction of sp³-hybridized carbons (Fsp3) is 0.571. The van der Waals surface area contributed by atoms with Crippen LogP contribution < -0.4 is 4.90 Å². The molecule has 2 aromatic rings. The Morgan fingerprint density at radius 3 is 3.05 bits per heavy atom. The summed E-state index contributed by atoms with van der Waals surface area (Å²) in [6, 6.07) is 2.33. The molecular weight excluding hydrogens is 310 g/mol. The van der Waals surface area contributed by atoms with Crippen molar-refractivity contribution in [2.45, 2.75) is 32.4 Å². The fourth-order valence-electron chi connectivity index (χ4n) is 2.55. The summed E-state index contributed by atoms with van der Waals surface area (Å²) in [5.74, 6) is 0.843. The highest BCUT2D eigenvalue weighted by Gasteiger charge is 2.28. The number of aromatic nitrogens is 2. The summed E-state index contributed by atoms with van der Waals surface area (Å²) in [6.45, 7) is 5.40. The zero-order valence-corrected chi connectivity index (χ0v) is 13.6. The number of ether oxygens (including phenoxy) is 1. The number of hydrogen-bond donors (Lipinski definition) is 1. The Kier molecular flexibility index (Phi) is 4.31. The zero-order valence-electron chi connectivity index (χ0n) is 12.0. The molecule has 2 atom stereocenters. The number of halogens is 1. The lowest BCUT2D eigenvalue weighted by Crippen LogP contribution is -2.50. The predicted molar refractivity (Wildman–Crippen MR) is 85.4 cm³/mol. The number of hydrogen-bond acceptors (Lipinski definition) is 6. The van der Waals surface area contributed by atoms with Crippen LogP contribution in [0.2, 0.25) is 5.28 Å². The van der Waals surface area contributed by atoms with Crippen LogP contribution in [0.1, 0.15) is 18.7 Å². The summed E-state index contributed by atoms with van der Waals surface area (Å²) in [5, 5.41) is 10.6. The van der Waals surface area contributed by atoms with E-state index in [4.69, 9.17) is 16.3 Å². The highest BCUT2D eigenvalue weighted by molar-refractivity contribution is 7.18. The molecule has 0 aromatic carbocycles. The molecule has 114 valence electrons. The summed E-state index contributed by atoms with van der Waals surface area (Å²) in [7, 11) is 0. The van der Waals surface area contributed by atoms with E-state index in [2.05, 4.69) is 34.8 Å². The lowest BCUT2D eigenvalue weighted by atomic mass is 10.2. The molecule has 3 rings (SSSR count). The minimum atomic E-state index is -0.186. The molecule has 0 radical (unpaired) electrons. The van der Waals surface area contributed by atoms with Gasteiger partial charge in [0.1, 0.15) is 10.6 Å². The number of morpholine rings is 1. The van der Waals surface area contributed by atoms with Crippen LogP contribution in [0, 0.1) is 0 Å². The van der Waals surface area contributed by atoms with E-state index in [0.717, 1.165) is 22.5 Å². The number of aryl methyl sites for hydroxylation is 1. The summed E-state index contributed by atoms with van der Waals surface area (Å²) in [4.78, 5) is 13.1. The number of anilines is 1. The average molecular weight is 328 g/mol. The molecule has 1 aliphatic heterocycles. The monoisotopic (exact) mass is 327 g/mol. The van der Waals surface area contributed by atoms with Crippen LogP contribution in [0.25, 0.3) is 10.2 Å². The van der Waals surface area contributed by atoms with Crippen molar-refractivity contribution >= 4 is 39.0 Å². The lowest BCUT2D eigenvalue weighted by molar-refractivity contribution is -0.0104. The Balaban J connectivity index is 2.07. The van der Waals surface area contributed by atoms with Crippen molar-refractivity contribution in [2.75, 3.05) is 24.7 Å². The van der Waals surface area contributed by atoms with E-state index in [0.29, 0.717) is 13.2 Å². The summed E-state index contributed by atoms with van der Waals surface area (Å²) in [6.07, 6.45) is 0.782. The molecule has 0 amide bonds. The Morgan fingerprint density at radius 2 is 2.33 bits per heavy atom. The molecule has 0 aliphatic carbocycles. The molecule has 7 heteroatoms. The Morgan fingerprint density at radius 1 is 1.52 bits per heavy atom. The lowest BCUT2D eigenvalue weighted by Gasteiger charge is -2.38. The molecule has 2 aromatic heterocycles. The molecule has 1 saturated heterocycles. The smallest absolute Gasteiger partial charge is 0.225 e. The molecule has 21 heavy (non-hydrogen) atoms. The third-order valence-electron chi connectivity index (χ3n) is 3.73. The topological polar surface area (TPSA) is 58.5 Å². The van der Waals surface area contributed by atoms with Crippen LogP contribution in [0.5, 0.6) is 0 Å². The first kappa shape index (κ1) is 15.0. The molecule has 0 spiro atoms. The minimum absolute atomic E-state index is 0.00895.